The first-order chi connectivity index (χ1) is 7.15. The Labute approximate surface area is 88.8 Å². The average Bonchev–Trinajstić information content (AvgIpc) is 2.29. The van der Waals surface area contributed by atoms with Crippen LogP contribution in [0.25, 0.3) is 0 Å². The summed E-state index contributed by atoms with van der Waals surface area (Å²) < 4.78 is 8.40. The molecule has 1 aromatic rings. The Morgan fingerprint density at radius 1 is 1.20 bits per heavy atom. The third-order valence-corrected chi connectivity index (χ3v) is 1.57. The number of hydrogen-bond donors (Lipinski definition) is 0. The van der Waals surface area contributed by atoms with Gasteiger partial charge in [0.05, 0.1) is 19.8 Å². The Morgan fingerprint density at radius 3 is 2.00 bits per heavy atom. The molecule has 0 radical (unpaired) electrons. The zero-order chi connectivity index (χ0) is 11.7. The van der Waals surface area contributed by atoms with E-state index in [4.69, 9.17) is 4.79 Å². The van der Waals surface area contributed by atoms with Crippen molar-refractivity contribution < 1.29 is 19.1 Å². The molecule has 0 aliphatic carbocycles. The monoisotopic (exact) mass is 210 g/mol. The largest absolute Gasteiger partial charge is 0.471 e. The number of methoxy groups -OCH3 is 2. The van der Waals surface area contributed by atoms with E-state index in [1.165, 1.54) is 14.2 Å². The van der Waals surface area contributed by atoms with Crippen LogP contribution in [0.15, 0.2) is 24.3 Å². The maximum absolute atomic E-state index is 10.9. The van der Waals surface area contributed by atoms with Crippen LogP contribution in [0.4, 0.5) is 0 Å². The van der Waals surface area contributed by atoms with Gasteiger partial charge in [0.2, 0.25) is 0 Å². The van der Waals surface area contributed by atoms with Crippen LogP contribution in [0.1, 0.15) is 15.9 Å². The maximum Gasteiger partial charge on any atom is 0.337 e. The number of carbonyl (C=O) groups is 2. The Kier molecular flexibility index (Phi) is 6.63. The van der Waals surface area contributed by atoms with E-state index in [0.29, 0.717) is 12.0 Å². The number of esters is 1. The van der Waals surface area contributed by atoms with Gasteiger partial charge in [-0.2, -0.15) is 0 Å². The molecule has 82 valence electrons. The van der Waals surface area contributed by atoms with Crippen molar-refractivity contribution in [3.05, 3.63) is 35.4 Å². The van der Waals surface area contributed by atoms with E-state index in [-0.39, 0.29) is 5.97 Å². The smallest absolute Gasteiger partial charge is 0.337 e. The fourth-order valence-electron chi connectivity index (χ4n) is 0.807. The van der Waals surface area contributed by atoms with E-state index in [1.807, 2.05) is 19.1 Å². The highest BCUT2D eigenvalue weighted by atomic mass is 16.5. The molecular formula is C11H14O4. The summed E-state index contributed by atoms with van der Waals surface area (Å²) in [7, 11) is 2.69. The van der Waals surface area contributed by atoms with Crippen LogP contribution in [0.2, 0.25) is 0 Å². The van der Waals surface area contributed by atoms with Crippen LogP contribution in [0.3, 0.4) is 0 Å². The molecular weight excluding hydrogens is 196 g/mol. The van der Waals surface area contributed by atoms with Gasteiger partial charge in [-0.05, 0) is 19.1 Å². The molecule has 0 spiro atoms. The number of hydrogen-bond acceptors (Lipinski definition) is 4. The topological polar surface area (TPSA) is 52.6 Å². The molecule has 0 heterocycles. The standard InChI is InChI=1S/C9H10O2.C2H4O2/c1-7-3-5-8(6-4-7)9(10)11-2;1-4-2-3/h3-6H,1-2H3;2H,1H3. The van der Waals surface area contributed by atoms with Crippen molar-refractivity contribution in [3.63, 3.8) is 0 Å². The first kappa shape index (κ1) is 13.2. The predicted molar refractivity (Wildman–Crippen MR) is 55.6 cm³/mol. The number of carbonyl (C=O) groups excluding carboxylic acids is 2. The highest BCUT2D eigenvalue weighted by Crippen LogP contribution is 2.03. The van der Waals surface area contributed by atoms with Crippen LogP contribution in [0, 0.1) is 6.92 Å². The lowest BCUT2D eigenvalue weighted by Crippen LogP contribution is -2.00. The van der Waals surface area contributed by atoms with E-state index in [9.17, 15) is 4.79 Å². The molecule has 0 amide bonds. The Balaban J connectivity index is 0.000000423. The number of aryl methyl sites for hydroxylation is 1. The van der Waals surface area contributed by atoms with Gasteiger partial charge in [0.25, 0.3) is 6.47 Å². The van der Waals surface area contributed by atoms with Gasteiger partial charge in [0, 0.05) is 0 Å². The summed E-state index contributed by atoms with van der Waals surface area (Å²) in [5.74, 6) is -0.287. The van der Waals surface area contributed by atoms with Crippen molar-refractivity contribution in [1.29, 1.82) is 0 Å². The molecule has 1 aromatic carbocycles. The van der Waals surface area contributed by atoms with Crippen LogP contribution >= 0.6 is 0 Å². The van der Waals surface area contributed by atoms with E-state index >= 15 is 0 Å². The molecule has 4 heteroatoms. The van der Waals surface area contributed by atoms with Crippen LogP contribution in [-0.2, 0) is 14.3 Å². The second-order valence-corrected chi connectivity index (χ2v) is 2.69. The Morgan fingerprint density at radius 2 is 1.67 bits per heavy atom. The van der Waals surface area contributed by atoms with Gasteiger partial charge >= 0.3 is 5.97 Å². The summed E-state index contributed by atoms with van der Waals surface area (Å²) in [5.41, 5.74) is 1.73. The van der Waals surface area contributed by atoms with Gasteiger partial charge in [-0.1, -0.05) is 17.7 Å². The molecule has 0 saturated carbocycles. The second kappa shape index (κ2) is 7.55. The highest BCUT2D eigenvalue weighted by molar-refractivity contribution is 5.89. The minimum atomic E-state index is -0.287. The van der Waals surface area contributed by atoms with Gasteiger partial charge in [-0.15, -0.1) is 0 Å². The molecule has 0 N–H and O–H groups in total. The van der Waals surface area contributed by atoms with E-state index in [2.05, 4.69) is 9.47 Å². The fourth-order valence-corrected chi connectivity index (χ4v) is 0.807. The van der Waals surface area contributed by atoms with Gasteiger partial charge in [-0.3, -0.25) is 4.79 Å². The van der Waals surface area contributed by atoms with Crippen LogP contribution in [0.5, 0.6) is 0 Å². The molecule has 1 rings (SSSR count). The lowest BCUT2D eigenvalue weighted by Gasteiger charge is -1.97. The van der Waals surface area contributed by atoms with Crippen molar-refractivity contribution >= 4 is 12.4 Å². The SMILES string of the molecule is COC(=O)c1ccc(C)cc1.COC=O. The Hall–Kier alpha value is -1.84. The molecule has 0 aliphatic heterocycles. The van der Waals surface area contributed by atoms with E-state index in [0.717, 1.165) is 5.56 Å². The fraction of sp³-hybridized carbons (Fsp3) is 0.273. The molecule has 0 fully saturated rings. The van der Waals surface area contributed by atoms with Crippen molar-refractivity contribution in [2.24, 2.45) is 0 Å². The van der Waals surface area contributed by atoms with Crippen molar-refractivity contribution in [2.75, 3.05) is 14.2 Å². The highest BCUT2D eigenvalue weighted by Gasteiger charge is 2.01. The van der Waals surface area contributed by atoms with Gasteiger partial charge < -0.3 is 9.47 Å². The van der Waals surface area contributed by atoms with E-state index < -0.39 is 0 Å². The average molecular weight is 210 g/mol. The molecule has 15 heavy (non-hydrogen) atoms. The first-order valence-electron chi connectivity index (χ1n) is 4.27. The molecule has 0 aromatic heterocycles. The lowest BCUT2D eigenvalue weighted by molar-refractivity contribution is -0.126. The van der Waals surface area contributed by atoms with Crippen molar-refractivity contribution in [2.45, 2.75) is 6.92 Å². The first-order valence-corrected chi connectivity index (χ1v) is 4.27. The molecule has 0 aliphatic rings. The normalized spacial score (nSPS) is 8.20. The molecule has 0 bridgehead atoms. The molecule has 0 atom stereocenters. The summed E-state index contributed by atoms with van der Waals surface area (Å²) in [4.78, 5) is 19.9. The molecule has 0 unspecified atom stereocenters. The minimum Gasteiger partial charge on any atom is -0.471 e. The van der Waals surface area contributed by atoms with Gasteiger partial charge in [0.1, 0.15) is 0 Å². The predicted octanol–water partition coefficient (Wildman–Crippen LogP) is 1.57. The van der Waals surface area contributed by atoms with Gasteiger partial charge in [-0.25, -0.2) is 4.79 Å². The summed E-state index contributed by atoms with van der Waals surface area (Å²) in [6, 6.07) is 7.26. The van der Waals surface area contributed by atoms with Crippen LogP contribution < -0.4 is 0 Å². The summed E-state index contributed by atoms with van der Waals surface area (Å²) >= 11 is 0. The van der Waals surface area contributed by atoms with Gasteiger partial charge in [0.15, 0.2) is 0 Å². The third-order valence-electron chi connectivity index (χ3n) is 1.57. The number of benzene rings is 1. The minimum absolute atomic E-state index is 0.287. The van der Waals surface area contributed by atoms with E-state index in [1.54, 1.807) is 12.1 Å². The zero-order valence-corrected chi connectivity index (χ0v) is 9.02. The molecule has 0 saturated heterocycles. The zero-order valence-electron chi connectivity index (χ0n) is 9.02. The number of ether oxygens (including phenoxy) is 2. The summed E-state index contributed by atoms with van der Waals surface area (Å²) in [6.45, 7) is 2.35. The Bertz CT molecular complexity index is 303. The second-order valence-electron chi connectivity index (χ2n) is 2.69. The lowest BCUT2D eigenvalue weighted by atomic mass is 10.2. The number of rotatable bonds is 2. The summed E-state index contributed by atoms with van der Waals surface area (Å²) in [6.07, 6.45) is 0. The van der Waals surface area contributed by atoms with Crippen molar-refractivity contribution in [3.8, 4) is 0 Å². The van der Waals surface area contributed by atoms with Crippen molar-refractivity contribution in [1.82, 2.24) is 0 Å². The third kappa shape index (κ3) is 5.46. The molecule has 4 nitrogen and oxygen atoms in total. The van der Waals surface area contributed by atoms with Crippen LogP contribution in [-0.4, -0.2) is 26.7 Å². The quantitative estimate of drug-likeness (QED) is 0.549. The maximum atomic E-state index is 10.9. The summed E-state index contributed by atoms with van der Waals surface area (Å²) in [5, 5.41) is 0.